The van der Waals surface area contributed by atoms with Crippen molar-refractivity contribution >= 4 is 23.6 Å². The Labute approximate surface area is 106 Å². The molecule has 0 saturated heterocycles. The first-order valence-electron chi connectivity index (χ1n) is 5.61. The van der Waals surface area contributed by atoms with Gasteiger partial charge in [0.15, 0.2) is 0 Å². The average Bonchev–Trinajstić information content (AvgIpc) is 2.30. The fourth-order valence-electron chi connectivity index (χ4n) is 1.21. The van der Waals surface area contributed by atoms with Gasteiger partial charge in [-0.1, -0.05) is 20.3 Å². The van der Waals surface area contributed by atoms with Gasteiger partial charge in [0.1, 0.15) is 6.04 Å². The zero-order chi connectivity index (χ0) is 13.3. The molecule has 0 radical (unpaired) electrons. The van der Waals surface area contributed by atoms with Gasteiger partial charge in [-0.3, -0.25) is 4.79 Å². The van der Waals surface area contributed by atoms with Crippen LogP contribution in [0.15, 0.2) is 0 Å². The van der Waals surface area contributed by atoms with Crippen molar-refractivity contribution in [3.05, 3.63) is 0 Å². The van der Waals surface area contributed by atoms with Gasteiger partial charge in [0.2, 0.25) is 5.91 Å². The minimum atomic E-state index is -0.977. The third-order valence-corrected chi connectivity index (χ3v) is 3.38. The summed E-state index contributed by atoms with van der Waals surface area (Å²) in [5.41, 5.74) is 0. The number of hydrogen-bond acceptors (Lipinski definition) is 4. The van der Waals surface area contributed by atoms with Crippen molar-refractivity contribution in [3.63, 3.8) is 0 Å². The van der Waals surface area contributed by atoms with Crippen LogP contribution in [0.1, 0.15) is 20.3 Å². The van der Waals surface area contributed by atoms with Gasteiger partial charge in [0.25, 0.3) is 0 Å². The van der Waals surface area contributed by atoms with Crippen LogP contribution in [0, 0.1) is 5.92 Å². The molecule has 0 aromatic rings. The van der Waals surface area contributed by atoms with Crippen LogP contribution in [0.2, 0.25) is 0 Å². The van der Waals surface area contributed by atoms with E-state index in [0.29, 0.717) is 13.0 Å². The van der Waals surface area contributed by atoms with E-state index >= 15 is 0 Å². The molecular weight excluding hydrogens is 242 g/mol. The Kier molecular flexibility index (Phi) is 8.89. The number of nitrogens with one attached hydrogen (secondary N) is 1. The molecule has 0 aromatic carbocycles. The molecule has 0 bridgehead atoms. The summed E-state index contributed by atoms with van der Waals surface area (Å²) in [6.45, 7) is 4.31. The van der Waals surface area contributed by atoms with Crippen LogP contribution in [0.3, 0.4) is 0 Å². The maximum atomic E-state index is 11.5. The fraction of sp³-hybridized carbons (Fsp3) is 0.818. The number of aliphatic carboxylic acids is 1. The van der Waals surface area contributed by atoms with Gasteiger partial charge in [-0.05, 0) is 5.92 Å². The van der Waals surface area contributed by atoms with Crippen LogP contribution < -0.4 is 5.32 Å². The largest absolute Gasteiger partial charge is 0.480 e. The Balaban J connectivity index is 4.00. The molecule has 6 heteroatoms. The lowest BCUT2D eigenvalue weighted by Gasteiger charge is -2.19. The molecule has 5 nitrogen and oxygen atoms in total. The van der Waals surface area contributed by atoms with E-state index in [0.717, 1.165) is 5.75 Å². The summed E-state index contributed by atoms with van der Waals surface area (Å²) in [5, 5.41) is 11.5. The van der Waals surface area contributed by atoms with Crippen molar-refractivity contribution in [2.45, 2.75) is 26.3 Å². The number of hydrogen-bond donors (Lipinski definition) is 2. The van der Waals surface area contributed by atoms with Crippen LogP contribution in [-0.4, -0.2) is 48.2 Å². The normalized spacial score (nSPS) is 14.1. The Hall–Kier alpha value is -0.750. The molecule has 0 heterocycles. The Morgan fingerprint density at radius 2 is 2.12 bits per heavy atom. The van der Waals surface area contributed by atoms with E-state index in [1.54, 1.807) is 7.11 Å². The number of thioether (sulfide) groups is 1. The van der Waals surface area contributed by atoms with Gasteiger partial charge in [-0.2, -0.15) is 0 Å². The average molecular weight is 263 g/mol. The van der Waals surface area contributed by atoms with E-state index in [4.69, 9.17) is 9.84 Å². The van der Waals surface area contributed by atoms with Crippen LogP contribution in [0.25, 0.3) is 0 Å². The number of ether oxygens (including phenoxy) is 1. The number of carbonyl (C=O) groups is 2. The molecule has 0 saturated carbocycles. The minimum absolute atomic E-state index is 0.0691. The van der Waals surface area contributed by atoms with Gasteiger partial charge in [-0.15, -0.1) is 11.8 Å². The highest BCUT2D eigenvalue weighted by Crippen LogP contribution is 2.08. The second-order valence-electron chi connectivity index (χ2n) is 3.81. The Morgan fingerprint density at radius 3 is 2.59 bits per heavy atom. The second kappa shape index (κ2) is 9.30. The third-order valence-electron chi connectivity index (χ3n) is 2.46. The molecule has 0 spiro atoms. The zero-order valence-electron chi connectivity index (χ0n) is 10.6. The summed E-state index contributed by atoms with van der Waals surface area (Å²) >= 11 is 1.43. The number of rotatable bonds is 9. The van der Waals surface area contributed by atoms with Gasteiger partial charge in [0.05, 0.1) is 12.4 Å². The maximum Gasteiger partial charge on any atom is 0.326 e. The summed E-state index contributed by atoms with van der Waals surface area (Å²) < 4.78 is 4.85. The van der Waals surface area contributed by atoms with Crippen LogP contribution >= 0.6 is 11.8 Å². The molecule has 17 heavy (non-hydrogen) atoms. The molecule has 0 aromatic heterocycles. The topological polar surface area (TPSA) is 75.6 Å². The summed E-state index contributed by atoms with van der Waals surface area (Å²) in [6, 6.07) is -0.796. The quantitative estimate of drug-likeness (QED) is 0.607. The van der Waals surface area contributed by atoms with E-state index < -0.39 is 12.0 Å². The minimum Gasteiger partial charge on any atom is -0.480 e. The molecule has 1 amide bonds. The molecule has 2 atom stereocenters. The summed E-state index contributed by atoms with van der Waals surface area (Å²) in [4.78, 5) is 22.5. The van der Waals surface area contributed by atoms with Crippen molar-refractivity contribution in [2.75, 3.05) is 25.2 Å². The van der Waals surface area contributed by atoms with Crippen LogP contribution in [-0.2, 0) is 14.3 Å². The lowest BCUT2D eigenvalue weighted by Crippen LogP contribution is -2.45. The molecule has 0 aliphatic rings. The predicted octanol–water partition coefficient (Wildman–Crippen LogP) is 0.981. The highest BCUT2D eigenvalue weighted by molar-refractivity contribution is 7.99. The predicted molar refractivity (Wildman–Crippen MR) is 68.2 cm³/mol. The van der Waals surface area contributed by atoms with Crippen LogP contribution in [0.4, 0.5) is 0 Å². The Morgan fingerprint density at radius 1 is 1.47 bits per heavy atom. The summed E-state index contributed by atoms with van der Waals surface area (Å²) in [6.07, 6.45) is 0.716. The van der Waals surface area contributed by atoms with Crippen LogP contribution in [0.5, 0.6) is 0 Å². The molecule has 0 aliphatic carbocycles. The lowest BCUT2D eigenvalue weighted by atomic mass is 9.99. The van der Waals surface area contributed by atoms with Gasteiger partial charge in [-0.25, -0.2) is 4.79 Å². The van der Waals surface area contributed by atoms with Gasteiger partial charge in [0, 0.05) is 12.9 Å². The van der Waals surface area contributed by atoms with Crippen molar-refractivity contribution in [1.82, 2.24) is 5.32 Å². The van der Waals surface area contributed by atoms with E-state index in [1.807, 2.05) is 13.8 Å². The van der Waals surface area contributed by atoms with Crippen molar-refractivity contribution in [3.8, 4) is 0 Å². The van der Waals surface area contributed by atoms with Gasteiger partial charge < -0.3 is 15.2 Å². The molecule has 0 aliphatic heterocycles. The van der Waals surface area contributed by atoms with Crippen molar-refractivity contribution in [1.29, 1.82) is 0 Å². The highest BCUT2D eigenvalue weighted by Gasteiger charge is 2.24. The first-order chi connectivity index (χ1) is 8.02. The molecule has 1 unspecified atom stereocenters. The third kappa shape index (κ3) is 7.23. The van der Waals surface area contributed by atoms with E-state index in [2.05, 4.69) is 5.32 Å². The number of carbonyl (C=O) groups excluding carboxylic acids is 1. The molecule has 2 N–H and O–H groups in total. The standard InChI is InChI=1S/C11H21NO4S/c1-4-8(2)10(11(14)15)12-9(13)7-17-6-5-16-3/h8,10H,4-7H2,1-3H3,(H,12,13)(H,14,15)/t8?,10-/m0/s1. The van der Waals surface area contributed by atoms with E-state index in [-0.39, 0.29) is 17.6 Å². The van der Waals surface area contributed by atoms with E-state index in [9.17, 15) is 9.59 Å². The fourth-order valence-corrected chi connectivity index (χ4v) is 1.90. The molecule has 0 rings (SSSR count). The summed E-state index contributed by atoms with van der Waals surface area (Å²) in [7, 11) is 1.60. The number of carboxylic acids is 1. The Bertz CT molecular complexity index is 248. The zero-order valence-corrected chi connectivity index (χ0v) is 11.4. The summed E-state index contributed by atoms with van der Waals surface area (Å²) in [5.74, 6) is -0.289. The molecule has 0 fully saturated rings. The first-order valence-corrected chi connectivity index (χ1v) is 6.77. The smallest absolute Gasteiger partial charge is 0.326 e. The molecular formula is C11H21NO4S. The number of methoxy groups -OCH3 is 1. The SMILES string of the molecule is CCC(C)[C@H](NC(=O)CSCCOC)C(=O)O. The van der Waals surface area contributed by atoms with Crippen molar-refractivity contribution in [2.24, 2.45) is 5.92 Å². The van der Waals surface area contributed by atoms with Crippen molar-refractivity contribution < 1.29 is 19.4 Å². The van der Waals surface area contributed by atoms with Gasteiger partial charge >= 0.3 is 5.97 Å². The monoisotopic (exact) mass is 263 g/mol. The highest BCUT2D eigenvalue weighted by atomic mass is 32.2. The number of amides is 1. The van der Waals surface area contributed by atoms with E-state index in [1.165, 1.54) is 11.8 Å². The number of carboxylic acid groups (broad SMARTS) is 1. The maximum absolute atomic E-state index is 11.5. The second-order valence-corrected chi connectivity index (χ2v) is 4.92. The molecule has 100 valence electrons. The lowest BCUT2D eigenvalue weighted by molar-refractivity contribution is -0.143. The first kappa shape index (κ1) is 16.2.